The van der Waals surface area contributed by atoms with Crippen LogP contribution in [0.3, 0.4) is 0 Å². The number of hydrogen-bond acceptors (Lipinski definition) is 4. The molecular weight excluding hydrogens is 310 g/mol. The lowest BCUT2D eigenvalue weighted by atomic mass is 10.2. The minimum atomic E-state index is -0.460. The highest BCUT2D eigenvalue weighted by Gasteiger charge is 2.19. The molecule has 0 bridgehead atoms. The average molecular weight is 327 g/mol. The van der Waals surface area contributed by atoms with E-state index in [1.54, 1.807) is 36.2 Å². The van der Waals surface area contributed by atoms with Gasteiger partial charge >= 0.3 is 0 Å². The topological polar surface area (TPSA) is 94.1 Å². The summed E-state index contributed by atoms with van der Waals surface area (Å²) in [7, 11) is 1.74. The van der Waals surface area contributed by atoms with E-state index in [9.17, 15) is 9.59 Å². The van der Waals surface area contributed by atoms with Gasteiger partial charge in [0.05, 0.1) is 11.8 Å². The molecule has 3 heterocycles. The van der Waals surface area contributed by atoms with Crippen molar-refractivity contribution in [1.29, 1.82) is 0 Å². The summed E-state index contributed by atoms with van der Waals surface area (Å²) >= 11 is 0. The van der Waals surface area contributed by atoms with Gasteiger partial charge < -0.3 is 8.98 Å². The molecule has 0 spiro atoms. The van der Waals surface area contributed by atoms with Crippen LogP contribution in [0.15, 0.2) is 41.2 Å². The predicted molar refractivity (Wildman–Crippen MR) is 85.6 cm³/mol. The molecule has 0 aliphatic rings. The highest BCUT2D eigenvalue weighted by atomic mass is 16.3. The predicted octanol–water partition coefficient (Wildman–Crippen LogP) is 1.50. The number of furan rings is 1. The SMILES string of the molecule is Cc1cc(C(=O)NNC(=O)c2cnn(C)c2-n2cccc2)c(C)o1. The number of carbonyl (C=O) groups is 2. The highest BCUT2D eigenvalue weighted by molar-refractivity contribution is 6.00. The van der Waals surface area contributed by atoms with Crippen LogP contribution in [-0.4, -0.2) is 26.2 Å². The molecule has 0 atom stereocenters. The van der Waals surface area contributed by atoms with Gasteiger partial charge in [0, 0.05) is 19.4 Å². The van der Waals surface area contributed by atoms with Crippen LogP contribution in [0.5, 0.6) is 0 Å². The zero-order valence-electron chi connectivity index (χ0n) is 13.5. The monoisotopic (exact) mass is 327 g/mol. The maximum atomic E-state index is 12.4. The summed E-state index contributed by atoms with van der Waals surface area (Å²) in [6, 6.07) is 5.31. The molecule has 3 rings (SSSR count). The smallest absolute Gasteiger partial charge is 0.275 e. The minimum Gasteiger partial charge on any atom is -0.466 e. The Kier molecular flexibility index (Phi) is 3.95. The van der Waals surface area contributed by atoms with Crippen molar-refractivity contribution < 1.29 is 14.0 Å². The van der Waals surface area contributed by atoms with Gasteiger partial charge in [-0.25, -0.2) is 0 Å². The molecular formula is C16H17N5O3. The summed E-state index contributed by atoms with van der Waals surface area (Å²) in [6.07, 6.45) is 5.07. The van der Waals surface area contributed by atoms with Gasteiger partial charge in [-0.2, -0.15) is 5.10 Å². The highest BCUT2D eigenvalue weighted by Crippen LogP contribution is 2.14. The van der Waals surface area contributed by atoms with Gasteiger partial charge in [0.25, 0.3) is 11.8 Å². The number of nitrogens with one attached hydrogen (secondary N) is 2. The second-order valence-electron chi connectivity index (χ2n) is 5.33. The van der Waals surface area contributed by atoms with Crippen LogP contribution in [0, 0.1) is 13.8 Å². The Hall–Kier alpha value is -3.29. The van der Waals surface area contributed by atoms with Gasteiger partial charge in [-0.15, -0.1) is 0 Å². The third-order valence-electron chi connectivity index (χ3n) is 3.58. The van der Waals surface area contributed by atoms with Gasteiger partial charge in [0.2, 0.25) is 0 Å². The lowest BCUT2D eigenvalue weighted by molar-refractivity contribution is 0.0845. The van der Waals surface area contributed by atoms with Crippen molar-refractivity contribution in [3.8, 4) is 5.82 Å². The Bertz CT molecular complexity index is 889. The van der Waals surface area contributed by atoms with E-state index in [1.165, 1.54) is 6.20 Å². The number of nitrogens with zero attached hydrogens (tertiary/aromatic N) is 3. The summed E-state index contributed by atoms with van der Waals surface area (Å²) < 4.78 is 8.66. The van der Waals surface area contributed by atoms with E-state index in [-0.39, 0.29) is 0 Å². The van der Waals surface area contributed by atoms with Gasteiger partial charge in [-0.1, -0.05) is 0 Å². The third kappa shape index (κ3) is 2.81. The van der Waals surface area contributed by atoms with Crippen molar-refractivity contribution >= 4 is 11.8 Å². The van der Waals surface area contributed by atoms with Gasteiger partial charge in [-0.05, 0) is 32.0 Å². The molecule has 0 unspecified atom stereocenters. The molecule has 0 aliphatic carbocycles. The Labute approximate surface area is 138 Å². The molecule has 0 saturated carbocycles. The van der Waals surface area contributed by atoms with Gasteiger partial charge in [0.1, 0.15) is 22.9 Å². The van der Waals surface area contributed by atoms with Crippen LogP contribution >= 0.6 is 0 Å². The fraction of sp³-hybridized carbons (Fsp3) is 0.188. The third-order valence-corrected chi connectivity index (χ3v) is 3.58. The Morgan fingerprint density at radius 1 is 1.08 bits per heavy atom. The summed E-state index contributed by atoms with van der Waals surface area (Å²) in [6.45, 7) is 3.44. The Morgan fingerprint density at radius 3 is 2.29 bits per heavy atom. The maximum absolute atomic E-state index is 12.4. The molecule has 0 aromatic carbocycles. The van der Waals surface area contributed by atoms with Crippen molar-refractivity contribution in [2.75, 3.05) is 0 Å². The first kappa shape index (κ1) is 15.6. The number of carbonyl (C=O) groups excluding carboxylic acids is 2. The maximum Gasteiger partial charge on any atom is 0.275 e. The number of hydrogen-bond donors (Lipinski definition) is 2. The van der Waals surface area contributed by atoms with E-state index in [1.807, 2.05) is 24.5 Å². The zero-order chi connectivity index (χ0) is 17.3. The average Bonchev–Trinajstić information content (AvgIpc) is 3.24. The summed E-state index contributed by atoms with van der Waals surface area (Å²) in [5.74, 6) is 0.823. The fourth-order valence-electron chi connectivity index (χ4n) is 2.48. The van der Waals surface area contributed by atoms with Gasteiger partial charge in [0.15, 0.2) is 0 Å². The van der Waals surface area contributed by atoms with E-state index in [0.717, 1.165) is 0 Å². The standard InChI is InChI=1S/C16H17N5O3/c1-10-8-12(11(2)24-10)14(22)18-19-15(23)13-9-17-20(3)16(13)21-6-4-5-7-21/h4-9H,1-3H3,(H,18,22)(H,19,23). The lowest BCUT2D eigenvalue weighted by Gasteiger charge is -2.09. The summed E-state index contributed by atoms with van der Waals surface area (Å²) in [5, 5.41) is 4.10. The van der Waals surface area contributed by atoms with Crippen molar-refractivity contribution in [3.63, 3.8) is 0 Å². The number of hydrazine groups is 1. The number of amides is 2. The molecule has 8 heteroatoms. The largest absolute Gasteiger partial charge is 0.466 e. The lowest BCUT2D eigenvalue weighted by Crippen LogP contribution is -2.42. The molecule has 0 saturated heterocycles. The van der Waals surface area contributed by atoms with E-state index in [2.05, 4.69) is 16.0 Å². The van der Waals surface area contributed by atoms with Crippen LogP contribution in [-0.2, 0) is 7.05 Å². The Balaban J connectivity index is 1.75. The Morgan fingerprint density at radius 2 is 1.71 bits per heavy atom. The quantitative estimate of drug-likeness (QED) is 0.713. The molecule has 2 N–H and O–H groups in total. The molecule has 0 radical (unpaired) electrons. The number of aromatic nitrogens is 3. The first-order chi connectivity index (χ1) is 11.5. The van der Waals surface area contributed by atoms with E-state index < -0.39 is 11.8 Å². The number of aryl methyl sites for hydroxylation is 3. The van der Waals surface area contributed by atoms with E-state index >= 15 is 0 Å². The number of rotatable bonds is 3. The summed E-state index contributed by atoms with van der Waals surface area (Å²) in [5.41, 5.74) is 5.51. The van der Waals surface area contributed by atoms with Crippen molar-refractivity contribution in [2.45, 2.75) is 13.8 Å². The molecule has 3 aromatic rings. The second kappa shape index (κ2) is 6.07. The van der Waals surface area contributed by atoms with Gasteiger partial charge in [-0.3, -0.25) is 25.1 Å². The molecule has 8 nitrogen and oxygen atoms in total. The van der Waals surface area contributed by atoms with Crippen molar-refractivity contribution in [1.82, 2.24) is 25.2 Å². The van der Waals surface area contributed by atoms with Crippen LogP contribution < -0.4 is 10.9 Å². The van der Waals surface area contributed by atoms with Crippen molar-refractivity contribution in [2.24, 2.45) is 7.05 Å². The van der Waals surface area contributed by atoms with Crippen LogP contribution in [0.2, 0.25) is 0 Å². The van der Waals surface area contributed by atoms with Crippen LogP contribution in [0.1, 0.15) is 32.2 Å². The molecule has 2 amide bonds. The van der Waals surface area contributed by atoms with E-state index in [4.69, 9.17) is 4.42 Å². The van der Waals surface area contributed by atoms with Crippen LogP contribution in [0.4, 0.5) is 0 Å². The van der Waals surface area contributed by atoms with Crippen LogP contribution in [0.25, 0.3) is 5.82 Å². The van der Waals surface area contributed by atoms with E-state index in [0.29, 0.717) is 28.5 Å². The molecule has 124 valence electrons. The summed E-state index contributed by atoms with van der Waals surface area (Å²) in [4.78, 5) is 24.5. The first-order valence-electron chi connectivity index (χ1n) is 7.30. The molecule has 0 aliphatic heterocycles. The molecule has 3 aromatic heterocycles. The zero-order valence-corrected chi connectivity index (χ0v) is 13.5. The minimum absolute atomic E-state index is 0.342. The second-order valence-corrected chi connectivity index (χ2v) is 5.33. The fourth-order valence-corrected chi connectivity index (χ4v) is 2.48. The normalized spacial score (nSPS) is 10.6. The molecule has 0 fully saturated rings. The van der Waals surface area contributed by atoms with Crippen molar-refractivity contribution in [3.05, 3.63) is 59.4 Å². The first-order valence-corrected chi connectivity index (χ1v) is 7.30. The molecule has 24 heavy (non-hydrogen) atoms.